The van der Waals surface area contributed by atoms with Gasteiger partial charge in [0.15, 0.2) is 5.82 Å². The first-order valence-electron chi connectivity index (χ1n) is 8.12. The molecule has 1 N–H and O–H groups in total. The van der Waals surface area contributed by atoms with Crippen molar-refractivity contribution < 1.29 is 0 Å². The van der Waals surface area contributed by atoms with Gasteiger partial charge in [-0.3, -0.25) is 0 Å². The Labute approximate surface area is 134 Å². The van der Waals surface area contributed by atoms with Gasteiger partial charge < -0.3 is 0 Å². The second-order valence-electron chi connectivity index (χ2n) is 7.30. The minimum Gasteiger partial charge on any atom is -0.242 e. The van der Waals surface area contributed by atoms with E-state index >= 15 is 0 Å². The van der Waals surface area contributed by atoms with Gasteiger partial charge >= 0.3 is 0 Å². The van der Waals surface area contributed by atoms with Crippen molar-refractivity contribution in [2.24, 2.45) is 17.8 Å². The van der Waals surface area contributed by atoms with E-state index in [4.69, 9.17) is 11.6 Å². The highest BCUT2D eigenvalue weighted by molar-refractivity contribution is 6.30. The summed E-state index contributed by atoms with van der Waals surface area (Å²) in [6.07, 6.45) is 6.44. The summed E-state index contributed by atoms with van der Waals surface area (Å²) >= 11 is 6.30. The van der Waals surface area contributed by atoms with Gasteiger partial charge in [-0.1, -0.05) is 23.7 Å². The molecule has 1 aromatic heterocycles. The van der Waals surface area contributed by atoms with E-state index in [2.05, 4.69) is 38.8 Å². The van der Waals surface area contributed by atoms with Crippen molar-refractivity contribution in [3.8, 4) is 0 Å². The molecule has 4 nitrogen and oxygen atoms in total. The maximum Gasteiger partial charge on any atom is 0.156 e. The first kappa shape index (κ1) is 13.1. The van der Waals surface area contributed by atoms with Crippen LogP contribution in [0.25, 0.3) is 0 Å². The number of hydrogen-bond acceptors (Lipinski definition) is 3. The minimum absolute atomic E-state index is 0.0842. The Morgan fingerprint density at radius 1 is 1.14 bits per heavy atom. The molecule has 1 heterocycles. The molecule has 0 spiro atoms. The van der Waals surface area contributed by atoms with Crippen molar-refractivity contribution in [1.82, 2.24) is 20.6 Å². The highest BCUT2D eigenvalue weighted by atomic mass is 35.5. The molecule has 113 valence electrons. The van der Waals surface area contributed by atoms with Crippen molar-refractivity contribution >= 4 is 11.6 Å². The van der Waals surface area contributed by atoms with Crippen LogP contribution in [-0.2, 0) is 5.41 Å². The number of nitrogens with one attached hydrogen (secondary N) is 1. The van der Waals surface area contributed by atoms with E-state index in [-0.39, 0.29) is 5.41 Å². The lowest BCUT2D eigenvalue weighted by molar-refractivity contribution is 0.0225. The molecule has 2 unspecified atom stereocenters. The number of H-pyrrole nitrogens is 1. The molecule has 22 heavy (non-hydrogen) atoms. The van der Waals surface area contributed by atoms with Crippen LogP contribution in [-0.4, -0.2) is 20.6 Å². The Balaban J connectivity index is 1.69. The van der Waals surface area contributed by atoms with Crippen LogP contribution in [0.1, 0.15) is 43.5 Å². The molecule has 0 saturated heterocycles. The maximum absolute atomic E-state index is 6.30. The van der Waals surface area contributed by atoms with Crippen molar-refractivity contribution in [3.63, 3.8) is 0 Å². The SMILES string of the molecule is Clc1cccc(C23CC4CC(CC(C4)[C]2c2nnn[nH]2)C3)c1. The van der Waals surface area contributed by atoms with E-state index in [1.165, 1.54) is 43.6 Å². The Hall–Kier alpha value is -1.42. The molecule has 0 amide bonds. The van der Waals surface area contributed by atoms with Crippen LogP contribution in [0.2, 0.25) is 5.02 Å². The van der Waals surface area contributed by atoms with Gasteiger partial charge in [0, 0.05) is 10.4 Å². The minimum atomic E-state index is 0.0842. The number of rotatable bonds is 2. The van der Waals surface area contributed by atoms with Gasteiger partial charge in [-0.2, -0.15) is 0 Å². The molecule has 2 aromatic rings. The van der Waals surface area contributed by atoms with Gasteiger partial charge in [-0.05, 0) is 78.0 Å². The van der Waals surface area contributed by atoms with Gasteiger partial charge in [-0.15, -0.1) is 5.10 Å². The highest BCUT2D eigenvalue weighted by Gasteiger charge is 2.59. The monoisotopic (exact) mass is 313 g/mol. The topological polar surface area (TPSA) is 54.5 Å². The van der Waals surface area contributed by atoms with Gasteiger partial charge in [0.1, 0.15) is 0 Å². The Morgan fingerprint density at radius 2 is 1.95 bits per heavy atom. The normalized spacial score (nSPS) is 36.9. The van der Waals surface area contributed by atoms with Crippen LogP contribution in [0, 0.1) is 23.7 Å². The number of tetrazole rings is 1. The quantitative estimate of drug-likeness (QED) is 0.922. The van der Waals surface area contributed by atoms with Gasteiger partial charge in [0.2, 0.25) is 0 Å². The Morgan fingerprint density at radius 3 is 2.64 bits per heavy atom. The van der Waals surface area contributed by atoms with Gasteiger partial charge in [0.25, 0.3) is 0 Å². The fourth-order valence-corrected chi connectivity index (χ4v) is 5.87. The third-order valence-corrected chi connectivity index (χ3v) is 6.31. The van der Waals surface area contributed by atoms with Crippen molar-refractivity contribution in [2.75, 3.05) is 0 Å². The van der Waals surface area contributed by atoms with Crippen LogP contribution < -0.4 is 0 Å². The summed E-state index contributed by atoms with van der Waals surface area (Å²) in [7, 11) is 0. The lowest BCUT2D eigenvalue weighted by Gasteiger charge is -2.60. The lowest BCUT2D eigenvalue weighted by Crippen LogP contribution is -2.54. The van der Waals surface area contributed by atoms with E-state index < -0.39 is 0 Å². The average molecular weight is 314 g/mol. The van der Waals surface area contributed by atoms with Crippen LogP contribution in [0.15, 0.2) is 24.3 Å². The van der Waals surface area contributed by atoms with Crippen molar-refractivity contribution in [2.45, 2.75) is 37.5 Å². The molecule has 6 rings (SSSR count). The lowest BCUT2D eigenvalue weighted by atomic mass is 9.43. The number of halogens is 1. The smallest absolute Gasteiger partial charge is 0.156 e. The molecule has 1 radical (unpaired) electrons. The Kier molecular flexibility index (Phi) is 2.70. The van der Waals surface area contributed by atoms with Crippen molar-refractivity contribution in [1.29, 1.82) is 0 Å². The molecule has 4 fully saturated rings. The first-order valence-corrected chi connectivity index (χ1v) is 8.50. The fraction of sp³-hybridized carbons (Fsp3) is 0.529. The molecule has 2 atom stereocenters. The van der Waals surface area contributed by atoms with E-state index in [0.29, 0.717) is 5.92 Å². The average Bonchev–Trinajstić information content (AvgIpc) is 3.00. The van der Waals surface area contributed by atoms with Crippen LogP contribution in [0.4, 0.5) is 0 Å². The summed E-state index contributed by atoms with van der Waals surface area (Å²) in [4.78, 5) is 0. The molecule has 4 aliphatic carbocycles. The number of benzene rings is 1. The highest BCUT2D eigenvalue weighted by Crippen LogP contribution is 2.65. The summed E-state index contributed by atoms with van der Waals surface area (Å²) in [5.74, 6) is 4.64. The third-order valence-electron chi connectivity index (χ3n) is 6.08. The zero-order chi connectivity index (χ0) is 14.7. The second-order valence-corrected chi connectivity index (χ2v) is 7.74. The van der Waals surface area contributed by atoms with Crippen LogP contribution >= 0.6 is 11.6 Å². The summed E-state index contributed by atoms with van der Waals surface area (Å²) in [5, 5.41) is 15.8. The first-order chi connectivity index (χ1) is 10.7. The van der Waals surface area contributed by atoms with Crippen LogP contribution in [0.5, 0.6) is 0 Å². The predicted molar refractivity (Wildman–Crippen MR) is 83.2 cm³/mol. The molecular weight excluding hydrogens is 296 g/mol. The summed E-state index contributed by atoms with van der Waals surface area (Å²) in [6.45, 7) is 0. The van der Waals surface area contributed by atoms with E-state index in [1.54, 1.807) is 0 Å². The van der Waals surface area contributed by atoms with Crippen LogP contribution in [0.3, 0.4) is 0 Å². The molecular formula is C17H18ClN4. The third kappa shape index (κ3) is 1.73. The molecule has 4 bridgehead atoms. The molecule has 4 saturated carbocycles. The largest absolute Gasteiger partial charge is 0.242 e. The maximum atomic E-state index is 6.30. The summed E-state index contributed by atoms with van der Waals surface area (Å²) in [6, 6.07) is 8.43. The predicted octanol–water partition coefficient (Wildman–Crippen LogP) is 3.55. The van der Waals surface area contributed by atoms with E-state index in [9.17, 15) is 0 Å². The van der Waals surface area contributed by atoms with Crippen molar-refractivity contribution in [3.05, 3.63) is 46.6 Å². The number of hydrogen-bond donors (Lipinski definition) is 1. The van der Waals surface area contributed by atoms with E-state index in [0.717, 1.165) is 22.7 Å². The summed E-state index contributed by atoms with van der Waals surface area (Å²) < 4.78 is 0. The number of nitrogens with zero attached hydrogens (tertiary/aromatic N) is 3. The van der Waals surface area contributed by atoms with Gasteiger partial charge in [-0.25, -0.2) is 5.10 Å². The molecule has 1 aromatic carbocycles. The van der Waals surface area contributed by atoms with E-state index in [1.807, 2.05) is 6.07 Å². The summed E-state index contributed by atoms with van der Waals surface area (Å²) in [5.41, 5.74) is 1.44. The molecule has 5 heteroatoms. The standard InChI is InChI=1S/C17H18ClN4/c18-14-3-1-2-13(7-14)17-8-10-4-11(9-17)6-12(5-10)15(17)16-19-21-22-20-16/h1-3,7,10-12H,4-6,8-9H2,(H,19,20,21,22). The number of aromatic nitrogens is 4. The second kappa shape index (κ2) is 4.54. The fourth-order valence-electron chi connectivity index (χ4n) is 5.68. The molecule has 0 aliphatic heterocycles. The molecule has 4 aliphatic rings. The zero-order valence-electron chi connectivity index (χ0n) is 12.3. The number of aromatic amines is 1. The Bertz CT molecular complexity index is 684. The van der Waals surface area contributed by atoms with Gasteiger partial charge in [0.05, 0.1) is 5.92 Å². The zero-order valence-corrected chi connectivity index (χ0v) is 13.1.